The number of carboxylic acid groups (broad SMARTS) is 1. The van der Waals surface area contributed by atoms with Crippen LogP contribution in [0.2, 0.25) is 0 Å². The van der Waals surface area contributed by atoms with Gasteiger partial charge in [-0.15, -0.1) is 11.8 Å². The Bertz CT molecular complexity index is 729. The van der Waals surface area contributed by atoms with E-state index in [-0.39, 0.29) is 17.2 Å². The highest BCUT2D eigenvalue weighted by atomic mass is 32.2. The first-order valence-corrected chi connectivity index (χ1v) is 9.85. The Balaban J connectivity index is 2.03. The molecule has 0 aromatic heterocycles. The van der Waals surface area contributed by atoms with Gasteiger partial charge in [0.15, 0.2) is 6.61 Å². The van der Waals surface area contributed by atoms with Crippen molar-refractivity contribution in [3.05, 3.63) is 23.8 Å². The third-order valence-corrected chi connectivity index (χ3v) is 5.02. The number of carbonyl (C=O) groups excluding carboxylic acids is 2. The van der Waals surface area contributed by atoms with Gasteiger partial charge in [-0.1, -0.05) is 20.8 Å². The Morgan fingerprint density at radius 3 is 2.63 bits per heavy atom. The fraction of sp³-hybridized carbons (Fsp3) is 0.526. The van der Waals surface area contributed by atoms with Gasteiger partial charge in [0, 0.05) is 17.9 Å². The van der Waals surface area contributed by atoms with Crippen molar-refractivity contribution in [1.29, 1.82) is 0 Å². The Morgan fingerprint density at radius 2 is 2.04 bits per heavy atom. The van der Waals surface area contributed by atoms with E-state index < -0.39 is 18.6 Å². The fourth-order valence-corrected chi connectivity index (χ4v) is 3.87. The molecule has 0 spiro atoms. The molecule has 27 heavy (non-hydrogen) atoms. The number of hydrogen-bond donors (Lipinski definition) is 2. The number of carbonyl (C=O) groups is 3. The number of amides is 2. The number of thioether (sulfide) groups is 1. The summed E-state index contributed by atoms with van der Waals surface area (Å²) in [5, 5.41) is 11.5. The van der Waals surface area contributed by atoms with Crippen molar-refractivity contribution in [3.63, 3.8) is 0 Å². The monoisotopic (exact) mass is 394 g/mol. The molecule has 1 heterocycles. The maximum atomic E-state index is 12.7. The van der Waals surface area contributed by atoms with Crippen LogP contribution in [-0.2, 0) is 14.4 Å². The van der Waals surface area contributed by atoms with Gasteiger partial charge in [0.25, 0.3) is 0 Å². The van der Waals surface area contributed by atoms with Crippen molar-refractivity contribution < 1.29 is 24.2 Å². The molecular formula is C19H26N2O5S. The van der Waals surface area contributed by atoms with Crippen LogP contribution >= 0.6 is 11.8 Å². The minimum atomic E-state index is -1.05. The number of ether oxygens (including phenoxy) is 1. The average Bonchev–Trinajstić information content (AvgIpc) is 3.03. The minimum Gasteiger partial charge on any atom is -0.482 e. The van der Waals surface area contributed by atoms with E-state index >= 15 is 0 Å². The van der Waals surface area contributed by atoms with Crippen LogP contribution in [0.15, 0.2) is 18.2 Å². The lowest BCUT2D eigenvalue weighted by atomic mass is 9.91. The largest absolute Gasteiger partial charge is 0.482 e. The number of benzene rings is 1. The van der Waals surface area contributed by atoms with E-state index in [2.05, 4.69) is 5.32 Å². The van der Waals surface area contributed by atoms with Crippen LogP contribution in [0.4, 0.5) is 5.69 Å². The number of aryl methyl sites for hydroxylation is 1. The van der Waals surface area contributed by atoms with Gasteiger partial charge in [-0.25, -0.2) is 4.79 Å². The summed E-state index contributed by atoms with van der Waals surface area (Å²) < 4.78 is 5.13. The molecule has 1 unspecified atom stereocenters. The molecule has 1 aromatic carbocycles. The molecule has 1 atom stereocenters. The number of anilines is 1. The van der Waals surface area contributed by atoms with Crippen LogP contribution < -0.4 is 10.1 Å². The number of nitrogens with one attached hydrogen (secondary N) is 1. The second-order valence-corrected chi connectivity index (χ2v) is 8.76. The predicted molar refractivity (Wildman–Crippen MR) is 105 cm³/mol. The Morgan fingerprint density at radius 1 is 1.33 bits per heavy atom. The average molecular weight is 394 g/mol. The lowest BCUT2D eigenvalue weighted by molar-refractivity contribution is -0.139. The zero-order valence-electron chi connectivity index (χ0n) is 16.1. The van der Waals surface area contributed by atoms with Gasteiger partial charge < -0.3 is 20.1 Å². The number of carboxylic acids is 1. The lowest BCUT2D eigenvalue weighted by Gasteiger charge is -2.27. The quantitative estimate of drug-likeness (QED) is 0.770. The topological polar surface area (TPSA) is 95.9 Å². The molecule has 0 bridgehead atoms. The summed E-state index contributed by atoms with van der Waals surface area (Å²) in [4.78, 5) is 37.5. The van der Waals surface area contributed by atoms with Crippen molar-refractivity contribution >= 4 is 35.2 Å². The maximum Gasteiger partial charge on any atom is 0.341 e. The van der Waals surface area contributed by atoms with Gasteiger partial charge >= 0.3 is 5.97 Å². The van der Waals surface area contributed by atoms with Crippen LogP contribution in [0.5, 0.6) is 5.75 Å². The van der Waals surface area contributed by atoms with Crippen LogP contribution in [0.25, 0.3) is 0 Å². The van der Waals surface area contributed by atoms with E-state index in [0.717, 1.165) is 5.56 Å². The van der Waals surface area contributed by atoms with Gasteiger partial charge in [0.1, 0.15) is 11.8 Å². The van der Waals surface area contributed by atoms with E-state index in [1.54, 1.807) is 41.8 Å². The maximum absolute atomic E-state index is 12.7. The summed E-state index contributed by atoms with van der Waals surface area (Å²) in [6.07, 6.45) is 0.395. The molecular weight excluding hydrogens is 368 g/mol. The highest BCUT2D eigenvalue weighted by Gasteiger charge is 2.36. The van der Waals surface area contributed by atoms with Crippen LogP contribution in [0.3, 0.4) is 0 Å². The molecule has 0 radical (unpaired) electrons. The molecule has 1 saturated heterocycles. The molecule has 0 aliphatic carbocycles. The number of rotatable bonds is 6. The normalized spacial score (nSPS) is 16.9. The van der Waals surface area contributed by atoms with Gasteiger partial charge in [0.2, 0.25) is 11.8 Å². The van der Waals surface area contributed by atoms with Crippen molar-refractivity contribution in [2.75, 3.05) is 23.6 Å². The summed E-state index contributed by atoms with van der Waals surface area (Å²) >= 11 is 1.57. The molecule has 148 valence electrons. The summed E-state index contributed by atoms with van der Waals surface area (Å²) in [6.45, 7) is 7.38. The molecule has 1 fully saturated rings. The smallest absolute Gasteiger partial charge is 0.341 e. The van der Waals surface area contributed by atoms with Crippen molar-refractivity contribution in [1.82, 2.24) is 4.90 Å². The zero-order chi connectivity index (χ0) is 20.2. The van der Waals surface area contributed by atoms with Gasteiger partial charge in [0.05, 0.1) is 5.88 Å². The minimum absolute atomic E-state index is 0.0122. The van der Waals surface area contributed by atoms with E-state index in [0.29, 0.717) is 29.5 Å². The molecule has 2 rings (SSSR count). The SMILES string of the molecule is Cc1cc(OCC(=O)O)ccc1NC(=O)C1CSCN1C(=O)CC(C)(C)C. The van der Waals surface area contributed by atoms with Crippen molar-refractivity contribution in [2.24, 2.45) is 5.41 Å². The first-order valence-electron chi connectivity index (χ1n) is 8.70. The highest BCUT2D eigenvalue weighted by molar-refractivity contribution is 7.99. The molecule has 1 aliphatic heterocycles. The molecule has 1 aromatic rings. The second kappa shape index (κ2) is 8.65. The number of hydrogen-bond acceptors (Lipinski definition) is 5. The van der Waals surface area contributed by atoms with Crippen molar-refractivity contribution in [2.45, 2.75) is 40.2 Å². The Labute approximate surface area is 163 Å². The summed E-state index contributed by atoms with van der Waals surface area (Å²) in [5.41, 5.74) is 1.24. The second-order valence-electron chi connectivity index (χ2n) is 7.77. The van der Waals surface area contributed by atoms with E-state index in [4.69, 9.17) is 9.84 Å². The van der Waals surface area contributed by atoms with E-state index in [9.17, 15) is 14.4 Å². The Hall–Kier alpha value is -2.22. The highest BCUT2D eigenvalue weighted by Crippen LogP contribution is 2.28. The molecule has 7 nitrogen and oxygen atoms in total. The van der Waals surface area contributed by atoms with Crippen LogP contribution in [0, 0.1) is 12.3 Å². The van der Waals surface area contributed by atoms with Gasteiger partial charge in [-0.05, 0) is 36.1 Å². The van der Waals surface area contributed by atoms with E-state index in [1.165, 1.54) is 0 Å². The van der Waals surface area contributed by atoms with Gasteiger partial charge in [-0.2, -0.15) is 0 Å². The molecule has 2 amide bonds. The molecule has 0 saturated carbocycles. The first kappa shape index (κ1) is 21.1. The lowest BCUT2D eigenvalue weighted by Crippen LogP contribution is -2.45. The summed E-state index contributed by atoms with van der Waals surface area (Å²) in [6, 6.07) is 4.46. The number of nitrogens with zero attached hydrogens (tertiary/aromatic N) is 1. The van der Waals surface area contributed by atoms with Crippen LogP contribution in [-0.4, -0.2) is 52.1 Å². The molecule has 8 heteroatoms. The predicted octanol–water partition coefficient (Wildman–Crippen LogP) is 2.73. The van der Waals surface area contributed by atoms with Crippen LogP contribution in [0.1, 0.15) is 32.8 Å². The summed E-state index contributed by atoms with van der Waals surface area (Å²) in [5.74, 6) is 0.232. The summed E-state index contributed by atoms with van der Waals surface area (Å²) in [7, 11) is 0. The molecule has 1 aliphatic rings. The molecule has 2 N–H and O–H groups in total. The first-order chi connectivity index (χ1) is 12.6. The Kier molecular flexibility index (Phi) is 6.75. The fourth-order valence-electron chi connectivity index (χ4n) is 2.69. The van der Waals surface area contributed by atoms with Crippen molar-refractivity contribution in [3.8, 4) is 5.75 Å². The zero-order valence-corrected chi connectivity index (χ0v) is 16.9. The van der Waals surface area contributed by atoms with Gasteiger partial charge in [-0.3, -0.25) is 9.59 Å². The third kappa shape index (κ3) is 6.16. The number of aliphatic carboxylic acids is 1. The standard InChI is InChI=1S/C19H26N2O5S/c1-12-7-13(26-9-17(23)24)5-6-14(12)20-18(25)15-10-27-11-21(15)16(22)8-19(2,3)4/h5-7,15H,8-11H2,1-4H3,(H,20,25)(H,23,24). The third-order valence-electron chi connectivity index (χ3n) is 4.00. The van der Waals surface area contributed by atoms with E-state index in [1.807, 2.05) is 20.8 Å².